The lowest BCUT2D eigenvalue weighted by Gasteiger charge is -2.05. The summed E-state index contributed by atoms with van der Waals surface area (Å²) in [6.07, 6.45) is 0. The van der Waals surface area contributed by atoms with Crippen molar-refractivity contribution in [2.24, 2.45) is 0 Å². The average molecular weight is 384 g/mol. The van der Waals surface area contributed by atoms with Crippen LogP contribution in [0.15, 0.2) is 33.3 Å². The Hall–Kier alpha value is -2.75. The second-order valence-corrected chi connectivity index (χ2v) is 5.23. The molecule has 0 unspecified atom stereocenters. The highest BCUT2D eigenvalue weighted by Gasteiger charge is 2.18. The highest BCUT2D eigenvalue weighted by molar-refractivity contribution is 9.10. The summed E-state index contributed by atoms with van der Waals surface area (Å²) in [6.45, 7) is 1.11. The summed E-state index contributed by atoms with van der Waals surface area (Å²) < 4.78 is 9.81. The van der Waals surface area contributed by atoms with Crippen LogP contribution < -0.4 is 5.32 Å². The molecule has 0 radical (unpaired) electrons. The largest absolute Gasteiger partial charge is 0.452 e. The van der Waals surface area contributed by atoms with Crippen LogP contribution in [0.3, 0.4) is 0 Å². The SMILES string of the molecule is Cc1cc(NC(=O)COC(=O)c2ccc(Br)c([N+](=O)[O-])c2)on1. The number of aromatic nitrogens is 1. The standard InChI is InChI=1S/C13H10BrN3O6/c1-7-4-12(23-16-7)15-11(18)6-22-13(19)8-2-3-9(14)10(5-8)17(20)21/h2-5H,6H2,1H3,(H,15,18). The maximum absolute atomic E-state index is 11.8. The Bertz CT molecular complexity index is 773. The lowest BCUT2D eigenvalue weighted by Crippen LogP contribution is -2.20. The molecule has 1 aromatic carbocycles. The summed E-state index contributed by atoms with van der Waals surface area (Å²) in [5, 5.41) is 16.7. The first-order chi connectivity index (χ1) is 10.9. The fraction of sp³-hybridized carbons (Fsp3) is 0.154. The number of anilines is 1. The number of hydrogen-bond donors (Lipinski definition) is 1. The number of rotatable bonds is 5. The number of halogens is 1. The van der Waals surface area contributed by atoms with Crippen molar-refractivity contribution in [3.8, 4) is 0 Å². The average Bonchev–Trinajstić information content (AvgIpc) is 2.90. The van der Waals surface area contributed by atoms with Crippen LogP contribution in [-0.2, 0) is 9.53 Å². The molecule has 1 heterocycles. The Morgan fingerprint density at radius 1 is 1.43 bits per heavy atom. The molecule has 10 heteroatoms. The van der Waals surface area contributed by atoms with Gasteiger partial charge in [-0.2, -0.15) is 0 Å². The molecule has 9 nitrogen and oxygen atoms in total. The van der Waals surface area contributed by atoms with Gasteiger partial charge in [-0.3, -0.25) is 20.2 Å². The zero-order valence-electron chi connectivity index (χ0n) is 11.7. The Balaban J connectivity index is 1.95. The molecule has 0 aliphatic carbocycles. The highest BCUT2D eigenvalue weighted by atomic mass is 79.9. The van der Waals surface area contributed by atoms with E-state index in [1.807, 2.05) is 0 Å². The predicted octanol–water partition coefficient (Wildman–Crippen LogP) is 2.45. The zero-order chi connectivity index (χ0) is 17.0. The van der Waals surface area contributed by atoms with E-state index in [1.165, 1.54) is 18.2 Å². The molecule has 0 atom stereocenters. The summed E-state index contributed by atoms with van der Waals surface area (Å²) in [5.41, 5.74) is 0.267. The van der Waals surface area contributed by atoms with E-state index in [4.69, 9.17) is 9.26 Å². The van der Waals surface area contributed by atoms with Crippen LogP contribution in [0.5, 0.6) is 0 Å². The Morgan fingerprint density at radius 2 is 2.17 bits per heavy atom. The van der Waals surface area contributed by atoms with Gasteiger partial charge in [0.25, 0.3) is 11.6 Å². The molecule has 0 aliphatic rings. The van der Waals surface area contributed by atoms with Crippen LogP contribution in [-0.4, -0.2) is 28.6 Å². The van der Waals surface area contributed by atoms with Crippen molar-refractivity contribution in [1.29, 1.82) is 0 Å². The minimum absolute atomic E-state index is 0.0387. The molecule has 0 aliphatic heterocycles. The first-order valence-electron chi connectivity index (χ1n) is 6.21. The molecule has 120 valence electrons. The van der Waals surface area contributed by atoms with Gasteiger partial charge < -0.3 is 9.26 Å². The van der Waals surface area contributed by atoms with E-state index >= 15 is 0 Å². The van der Waals surface area contributed by atoms with Gasteiger partial charge in [0.05, 0.1) is 20.7 Å². The van der Waals surface area contributed by atoms with Gasteiger partial charge in [-0.05, 0) is 35.0 Å². The first-order valence-corrected chi connectivity index (χ1v) is 7.00. The molecule has 1 aromatic heterocycles. The van der Waals surface area contributed by atoms with Gasteiger partial charge in [0.1, 0.15) is 0 Å². The summed E-state index contributed by atoms with van der Waals surface area (Å²) in [7, 11) is 0. The van der Waals surface area contributed by atoms with Crippen molar-refractivity contribution in [2.45, 2.75) is 6.92 Å². The summed E-state index contributed by atoms with van der Waals surface area (Å²) in [6, 6.07) is 5.26. The zero-order valence-corrected chi connectivity index (χ0v) is 13.3. The minimum atomic E-state index is -0.857. The van der Waals surface area contributed by atoms with Crippen LogP contribution in [0.2, 0.25) is 0 Å². The van der Waals surface area contributed by atoms with Crippen molar-refractivity contribution >= 4 is 39.4 Å². The third-order valence-electron chi connectivity index (χ3n) is 2.60. The van der Waals surface area contributed by atoms with E-state index < -0.39 is 23.4 Å². The van der Waals surface area contributed by atoms with Crippen LogP contribution in [0, 0.1) is 17.0 Å². The van der Waals surface area contributed by atoms with Crippen molar-refractivity contribution in [3.63, 3.8) is 0 Å². The second-order valence-electron chi connectivity index (χ2n) is 4.38. The molecule has 0 bridgehead atoms. The summed E-state index contributed by atoms with van der Waals surface area (Å²) >= 11 is 3.01. The molecule has 0 saturated carbocycles. The lowest BCUT2D eigenvalue weighted by molar-refractivity contribution is -0.385. The molecular formula is C13H10BrN3O6. The normalized spacial score (nSPS) is 10.2. The van der Waals surface area contributed by atoms with E-state index in [1.54, 1.807) is 6.92 Å². The number of esters is 1. The molecule has 1 amide bonds. The predicted molar refractivity (Wildman–Crippen MR) is 80.9 cm³/mol. The van der Waals surface area contributed by atoms with Gasteiger partial charge in [0.2, 0.25) is 5.88 Å². The topological polar surface area (TPSA) is 125 Å². The molecule has 23 heavy (non-hydrogen) atoms. The quantitative estimate of drug-likeness (QED) is 0.477. The number of carbonyl (C=O) groups excluding carboxylic acids is 2. The third kappa shape index (κ3) is 4.36. The Labute approximate surface area is 137 Å². The van der Waals surface area contributed by atoms with Crippen molar-refractivity contribution in [1.82, 2.24) is 5.16 Å². The lowest BCUT2D eigenvalue weighted by atomic mass is 10.2. The Kier molecular flexibility index (Phi) is 5.06. The fourth-order valence-corrected chi connectivity index (χ4v) is 1.98. The Morgan fingerprint density at radius 3 is 2.78 bits per heavy atom. The number of nitro benzene ring substituents is 1. The summed E-state index contributed by atoms with van der Waals surface area (Å²) in [5.74, 6) is -1.35. The van der Waals surface area contributed by atoms with E-state index in [2.05, 4.69) is 26.4 Å². The number of amides is 1. The number of nitrogens with one attached hydrogen (secondary N) is 1. The first kappa shape index (κ1) is 16.6. The van der Waals surface area contributed by atoms with E-state index in [9.17, 15) is 19.7 Å². The highest BCUT2D eigenvalue weighted by Crippen LogP contribution is 2.25. The van der Waals surface area contributed by atoms with E-state index in [-0.39, 0.29) is 21.6 Å². The molecule has 0 spiro atoms. The maximum atomic E-state index is 11.8. The summed E-state index contributed by atoms with van der Waals surface area (Å²) in [4.78, 5) is 33.6. The molecule has 0 saturated heterocycles. The van der Waals surface area contributed by atoms with Crippen molar-refractivity contribution in [3.05, 3.63) is 50.1 Å². The van der Waals surface area contributed by atoms with Gasteiger partial charge in [-0.1, -0.05) is 5.16 Å². The van der Waals surface area contributed by atoms with E-state index in [0.717, 1.165) is 6.07 Å². The van der Waals surface area contributed by atoms with Gasteiger partial charge in [-0.15, -0.1) is 0 Å². The van der Waals surface area contributed by atoms with Gasteiger partial charge >= 0.3 is 5.97 Å². The van der Waals surface area contributed by atoms with Gasteiger partial charge in [-0.25, -0.2) is 4.79 Å². The monoisotopic (exact) mass is 383 g/mol. The molecule has 0 fully saturated rings. The smallest absolute Gasteiger partial charge is 0.338 e. The van der Waals surface area contributed by atoms with Gasteiger partial charge in [0, 0.05) is 12.1 Å². The molecule has 2 rings (SSSR count). The number of nitro groups is 1. The minimum Gasteiger partial charge on any atom is -0.452 e. The van der Waals surface area contributed by atoms with Crippen molar-refractivity contribution in [2.75, 3.05) is 11.9 Å². The number of carbonyl (C=O) groups is 2. The van der Waals surface area contributed by atoms with Crippen LogP contribution in [0.4, 0.5) is 11.6 Å². The van der Waals surface area contributed by atoms with Crippen LogP contribution in [0.1, 0.15) is 16.1 Å². The van der Waals surface area contributed by atoms with E-state index in [0.29, 0.717) is 5.69 Å². The molecular weight excluding hydrogens is 374 g/mol. The molecule has 1 N–H and O–H groups in total. The number of nitrogens with zero attached hydrogens (tertiary/aromatic N) is 2. The maximum Gasteiger partial charge on any atom is 0.338 e. The fourth-order valence-electron chi connectivity index (χ4n) is 1.59. The number of ether oxygens (including phenoxy) is 1. The van der Waals surface area contributed by atoms with Crippen LogP contribution >= 0.6 is 15.9 Å². The second kappa shape index (κ2) is 7.01. The number of benzene rings is 1. The van der Waals surface area contributed by atoms with Crippen LogP contribution in [0.25, 0.3) is 0 Å². The number of aryl methyl sites for hydroxylation is 1. The van der Waals surface area contributed by atoms with Crippen molar-refractivity contribution < 1.29 is 23.8 Å². The number of hydrogen-bond acceptors (Lipinski definition) is 7. The van der Waals surface area contributed by atoms with Gasteiger partial charge in [0.15, 0.2) is 6.61 Å². The molecule has 2 aromatic rings. The third-order valence-corrected chi connectivity index (χ3v) is 3.27.